The topological polar surface area (TPSA) is 40.6 Å². The van der Waals surface area contributed by atoms with Crippen molar-refractivity contribution in [2.24, 2.45) is 0 Å². The monoisotopic (exact) mass is 372 g/mol. The van der Waals surface area contributed by atoms with Crippen LogP contribution in [0.2, 0.25) is 0 Å². The van der Waals surface area contributed by atoms with E-state index >= 15 is 0 Å². The van der Waals surface area contributed by atoms with E-state index in [2.05, 4.69) is 18.7 Å². The maximum Gasteiger partial charge on any atom is 0.277 e. The lowest BCUT2D eigenvalue weighted by Crippen LogP contribution is -2.31. The van der Waals surface area contributed by atoms with E-state index in [1.807, 2.05) is 12.1 Å². The molecular formula is C20H18ClFN2O2. The van der Waals surface area contributed by atoms with Gasteiger partial charge in [0.2, 0.25) is 0 Å². The van der Waals surface area contributed by atoms with Crippen LogP contribution in [-0.4, -0.2) is 24.9 Å². The van der Waals surface area contributed by atoms with Gasteiger partial charge in [-0.1, -0.05) is 23.7 Å². The Labute approximate surface area is 156 Å². The summed E-state index contributed by atoms with van der Waals surface area (Å²) in [6.45, 7) is 5.84. The summed E-state index contributed by atoms with van der Waals surface area (Å²) < 4.78 is 13.1. The van der Waals surface area contributed by atoms with Crippen molar-refractivity contribution in [3.63, 3.8) is 0 Å². The summed E-state index contributed by atoms with van der Waals surface area (Å²) in [6.07, 6.45) is 0. The molecule has 0 saturated carbocycles. The van der Waals surface area contributed by atoms with Crippen LogP contribution in [-0.2, 0) is 9.59 Å². The van der Waals surface area contributed by atoms with E-state index in [0.29, 0.717) is 11.3 Å². The van der Waals surface area contributed by atoms with Crippen LogP contribution in [0, 0.1) is 5.82 Å². The second-order valence-corrected chi connectivity index (χ2v) is 6.21. The largest absolute Gasteiger partial charge is 0.372 e. The first-order valence-electron chi connectivity index (χ1n) is 8.37. The number of carbonyl (C=O) groups is 2. The van der Waals surface area contributed by atoms with Gasteiger partial charge in [0, 0.05) is 18.8 Å². The molecule has 2 aromatic rings. The molecule has 3 rings (SSSR count). The third kappa shape index (κ3) is 3.10. The number of rotatable bonds is 5. The highest BCUT2D eigenvalue weighted by Crippen LogP contribution is 2.35. The van der Waals surface area contributed by atoms with Gasteiger partial charge in [-0.2, -0.15) is 0 Å². The van der Waals surface area contributed by atoms with E-state index in [0.717, 1.165) is 23.7 Å². The van der Waals surface area contributed by atoms with Crippen molar-refractivity contribution in [1.82, 2.24) is 0 Å². The summed E-state index contributed by atoms with van der Waals surface area (Å²) in [5.41, 5.74) is 1.96. The molecule has 0 saturated heterocycles. The molecule has 1 aliphatic rings. The van der Waals surface area contributed by atoms with Gasteiger partial charge in [0.15, 0.2) is 0 Å². The fourth-order valence-corrected chi connectivity index (χ4v) is 3.28. The number of hydrogen-bond acceptors (Lipinski definition) is 3. The van der Waals surface area contributed by atoms with Gasteiger partial charge >= 0.3 is 0 Å². The summed E-state index contributed by atoms with van der Waals surface area (Å²) in [6, 6.07) is 12.5. The molecule has 0 bridgehead atoms. The maximum absolute atomic E-state index is 13.1. The van der Waals surface area contributed by atoms with Crippen LogP contribution >= 0.6 is 11.6 Å². The van der Waals surface area contributed by atoms with Crippen molar-refractivity contribution in [2.45, 2.75) is 13.8 Å². The van der Waals surface area contributed by atoms with Gasteiger partial charge in [0.05, 0.1) is 11.3 Å². The zero-order valence-corrected chi connectivity index (χ0v) is 15.3. The predicted octanol–water partition coefficient (Wildman–Crippen LogP) is 4.20. The average Bonchev–Trinajstić information content (AvgIpc) is 2.87. The van der Waals surface area contributed by atoms with Crippen molar-refractivity contribution in [3.05, 3.63) is 64.9 Å². The number of imide groups is 1. The van der Waals surface area contributed by atoms with Gasteiger partial charge in [-0.15, -0.1) is 0 Å². The van der Waals surface area contributed by atoms with Crippen LogP contribution in [0.1, 0.15) is 19.4 Å². The number of amides is 2. The number of anilines is 2. The molecular weight excluding hydrogens is 355 g/mol. The van der Waals surface area contributed by atoms with E-state index in [9.17, 15) is 14.0 Å². The molecule has 2 aromatic carbocycles. The number of carbonyl (C=O) groups excluding carboxylic acids is 2. The third-order valence-corrected chi connectivity index (χ3v) is 4.75. The standard InChI is InChI=1S/C20H18ClFN2O2/c1-3-23(4-2)15-9-11-16(12-10-15)24-19(25)17(18(21)20(24)26)13-5-7-14(22)8-6-13/h5-12H,3-4H2,1-2H3. The molecule has 1 heterocycles. The summed E-state index contributed by atoms with van der Waals surface area (Å²) in [5, 5.41) is -0.158. The van der Waals surface area contributed by atoms with Gasteiger partial charge in [-0.3, -0.25) is 9.59 Å². The molecule has 0 fully saturated rings. The van der Waals surface area contributed by atoms with Crippen LogP contribution < -0.4 is 9.80 Å². The van der Waals surface area contributed by atoms with Crippen molar-refractivity contribution < 1.29 is 14.0 Å². The molecule has 0 atom stereocenters. The lowest BCUT2D eigenvalue weighted by Gasteiger charge is -2.22. The number of hydrogen-bond donors (Lipinski definition) is 0. The Kier molecular flexibility index (Phi) is 5.09. The maximum atomic E-state index is 13.1. The minimum Gasteiger partial charge on any atom is -0.372 e. The molecule has 0 unspecified atom stereocenters. The zero-order valence-electron chi connectivity index (χ0n) is 14.5. The van der Waals surface area contributed by atoms with Gasteiger partial charge in [-0.25, -0.2) is 9.29 Å². The summed E-state index contributed by atoms with van der Waals surface area (Å²) >= 11 is 6.13. The van der Waals surface area contributed by atoms with Gasteiger partial charge in [0.25, 0.3) is 11.8 Å². The van der Waals surface area contributed by atoms with Crippen LogP contribution in [0.25, 0.3) is 5.57 Å². The summed E-state index contributed by atoms with van der Waals surface area (Å²) in [4.78, 5) is 28.5. The van der Waals surface area contributed by atoms with Crippen molar-refractivity contribution in [2.75, 3.05) is 22.9 Å². The number of benzene rings is 2. The normalized spacial score (nSPS) is 14.4. The Hall–Kier alpha value is -2.66. The molecule has 0 N–H and O–H groups in total. The molecule has 1 aliphatic heterocycles. The molecule has 26 heavy (non-hydrogen) atoms. The lowest BCUT2D eigenvalue weighted by molar-refractivity contribution is -0.119. The second-order valence-electron chi connectivity index (χ2n) is 5.83. The van der Waals surface area contributed by atoms with Crippen molar-refractivity contribution >= 4 is 40.4 Å². The SMILES string of the molecule is CCN(CC)c1ccc(N2C(=O)C(Cl)=C(c3ccc(F)cc3)C2=O)cc1. The highest BCUT2D eigenvalue weighted by atomic mass is 35.5. The fraction of sp³-hybridized carbons (Fsp3) is 0.200. The molecule has 0 radical (unpaired) electrons. The molecule has 134 valence electrons. The minimum absolute atomic E-state index is 0.0875. The first-order valence-corrected chi connectivity index (χ1v) is 8.75. The number of halogens is 2. The Morgan fingerprint density at radius 2 is 1.50 bits per heavy atom. The Bertz CT molecular complexity index is 872. The summed E-state index contributed by atoms with van der Waals surface area (Å²) in [7, 11) is 0. The van der Waals surface area contributed by atoms with E-state index in [4.69, 9.17) is 11.6 Å². The molecule has 2 amide bonds. The smallest absolute Gasteiger partial charge is 0.277 e. The van der Waals surface area contributed by atoms with E-state index in [1.165, 1.54) is 24.3 Å². The van der Waals surface area contributed by atoms with E-state index in [1.54, 1.807) is 12.1 Å². The van der Waals surface area contributed by atoms with E-state index < -0.39 is 17.6 Å². The molecule has 0 aliphatic carbocycles. The zero-order chi connectivity index (χ0) is 18.8. The first-order chi connectivity index (χ1) is 12.5. The Balaban J connectivity index is 1.92. The van der Waals surface area contributed by atoms with Crippen molar-refractivity contribution in [3.8, 4) is 0 Å². The van der Waals surface area contributed by atoms with Gasteiger partial charge in [-0.05, 0) is 55.8 Å². The lowest BCUT2D eigenvalue weighted by atomic mass is 10.1. The minimum atomic E-state index is -0.577. The second kappa shape index (κ2) is 7.30. The third-order valence-electron chi connectivity index (χ3n) is 4.40. The van der Waals surface area contributed by atoms with Crippen LogP contribution in [0.3, 0.4) is 0 Å². The average molecular weight is 373 g/mol. The van der Waals surface area contributed by atoms with Gasteiger partial charge in [0.1, 0.15) is 10.8 Å². The van der Waals surface area contributed by atoms with Crippen LogP contribution in [0.15, 0.2) is 53.6 Å². The Morgan fingerprint density at radius 1 is 0.923 bits per heavy atom. The molecule has 0 spiro atoms. The van der Waals surface area contributed by atoms with Crippen molar-refractivity contribution in [1.29, 1.82) is 0 Å². The highest BCUT2D eigenvalue weighted by Gasteiger charge is 2.39. The van der Waals surface area contributed by atoms with Crippen LogP contribution in [0.4, 0.5) is 15.8 Å². The highest BCUT2D eigenvalue weighted by molar-refractivity contribution is 6.60. The molecule has 4 nitrogen and oxygen atoms in total. The summed E-state index contributed by atoms with van der Waals surface area (Å²) in [5.74, 6) is -1.51. The van der Waals surface area contributed by atoms with Crippen LogP contribution in [0.5, 0.6) is 0 Å². The molecule has 0 aromatic heterocycles. The van der Waals surface area contributed by atoms with E-state index in [-0.39, 0.29) is 10.6 Å². The molecule has 6 heteroatoms. The Morgan fingerprint density at radius 3 is 2.04 bits per heavy atom. The quantitative estimate of drug-likeness (QED) is 0.739. The fourth-order valence-electron chi connectivity index (χ4n) is 3.01. The number of nitrogens with zero attached hydrogens (tertiary/aromatic N) is 2. The van der Waals surface area contributed by atoms with Gasteiger partial charge < -0.3 is 4.90 Å². The predicted molar refractivity (Wildman–Crippen MR) is 102 cm³/mol. The first kappa shape index (κ1) is 18.1.